The molecule has 0 amide bonds. The molecule has 2 heteroatoms. The smallest absolute Gasteiger partial charge is 0.0575 e. The van der Waals surface area contributed by atoms with Crippen LogP contribution in [0.2, 0.25) is 0 Å². The van der Waals surface area contributed by atoms with E-state index in [1.165, 1.54) is 44.9 Å². The molecule has 0 aromatic rings. The van der Waals surface area contributed by atoms with Gasteiger partial charge < -0.3 is 4.74 Å². The summed E-state index contributed by atoms with van der Waals surface area (Å²) in [6.07, 6.45) is 9.63. The molecule has 0 N–H and O–H groups in total. The van der Waals surface area contributed by atoms with Gasteiger partial charge in [-0.1, -0.05) is 42.6 Å². The van der Waals surface area contributed by atoms with Gasteiger partial charge in [0.15, 0.2) is 0 Å². The van der Waals surface area contributed by atoms with E-state index in [9.17, 15) is 0 Å². The fourth-order valence-corrected chi connectivity index (χ4v) is 3.06. The van der Waals surface area contributed by atoms with Gasteiger partial charge >= 0.3 is 0 Å². The van der Waals surface area contributed by atoms with Crippen molar-refractivity contribution in [2.45, 2.75) is 64.9 Å². The van der Waals surface area contributed by atoms with Crippen LogP contribution in [0, 0.1) is 5.41 Å². The van der Waals surface area contributed by atoms with E-state index in [2.05, 4.69) is 29.8 Å². The van der Waals surface area contributed by atoms with Crippen LogP contribution in [0.5, 0.6) is 0 Å². The SMILES string of the molecule is CCCC(CBr)(CCC)COC1CCC1. The van der Waals surface area contributed by atoms with E-state index < -0.39 is 0 Å². The molecule has 1 saturated carbocycles. The molecule has 0 unspecified atom stereocenters. The first-order valence-electron chi connectivity index (χ1n) is 6.44. The van der Waals surface area contributed by atoms with Gasteiger partial charge in [0.2, 0.25) is 0 Å². The summed E-state index contributed by atoms with van der Waals surface area (Å²) in [6.45, 7) is 5.51. The third-order valence-electron chi connectivity index (χ3n) is 3.52. The van der Waals surface area contributed by atoms with E-state index in [-0.39, 0.29) is 0 Å². The topological polar surface area (TPSA) is 9.23 Å². The van der Waals surface area contributed by atoms with E-state index in [1.807, 2.05) is 0 Å². The van der Waals surface area contributed by atoms with E-state index in [0.29, 0.717) is 11.5 Å². The van der Waals surface area contributed by atoms with Crippen LogP contribution < -0.4 is 0 Å². The zero-order valence-electron chi connectivity index (χ0n) is 10.2. The van der Waals surface area contributed by atoms with E-state index >= 15 is 0 Å². The summed E-state index contributed by atoms with van der Waals surface area (Å²) in [5, 5.41) is 1.09. The lowest BCUT2D eigenvalue weighted by Gasteiger charge is -2.35. The van der Waals surface area contributed by atoms with Crippen LogP contribution in [0.3, 0.4) is 0 Å². The molecular weight excluding hydrogens is 252 g/mol. The second kappa shape index (κ2) is 6.90. The average molecular weight is 277 g/mol. The number of hydrogen-bond acceptors (Lipinski definition) is 1. The van der Waals surface area contributed by atoms with Crippen molar-refractivity contribution in [3.05, 3.63) is 0 Å². The van der Waals surface area contributed by atoms with Crippen molar-refractivity contribution in [3.8, 4) is 0 Å². The van der Waals surface area contributed by atoms with Crippen molar-refractivity contribution >= 4 is 15.9 Å². The van der Waals surface area contributed by atoms with Crippen molar-refractivity contribution in [2.24, 2.45) is 5.41 Å². The average Bonchev–Trinajstić information content (AvgIpc) is 2.16. The van der Waals surface area contributed by atoms with Gasteiger partial charge in [-0.3, -0.25) is 0 Å². The van der Waals surface area contributed by atoms with Gasteiger partial charge in [0.1, 0.15) is 0 Å². The highest BCUT2D eigenvalue weighted by molar-refractivity contribution is 9.09. The highest BCUT2D eigenvalue weighted by Gasteiger charge is 2.30. The number of halogens is 1. The molecule has 0 spiro atoms. The van der Waals surface area contributed by atoms with Crippen molar-refractivity contribution in [2.75, 3.05) is 11.9 Å². The van der Waals surface area contributed by atoms with Gasteiger partial charge in [-0.2, -0.15) is 0 Å². The maximum atomic E-state index is 6.01. The first kappa shape index (κ1) is 13.5. The first-order chi connectivity index (χ1) is 7.26. The van der Waals surface area contributed by atoms with E-state index in [0.717, 1.165) is 11.9 Å². The summed E-state index contributed by atoms with van der Waals surface area (Å²) in [6, 6.07) is 0. The molecule has 1 aliphatic carbocycles. The first-order valence-corrected chi connectivity index (χ1v) is 7.56. The normalized spacial score (nSPS) is 17.8. The highest BCUT2D eigenvalue weighted by Crippen LogP contribution is 2.34. The molecule has 90 valence electrons. The predicted molar refractivity (Wildman–Crippen MR) is 69.6 cm³/mol. The Morgan fingerprint density at radius 2 is 1.80 bits per heavy atom. The fraction of sp³-hybridized carbons (Fsp3) is 1.00. The van der Waals surface area contributed by atoms with Gasteiger partial charge in [0.05, 0.1) is 12.7 Å². The van der Waals surface area contributed by atoms with Gasteiger partial charge in [-0.25, -0.2) is 0 Å². The van der Waals surface area contributed by atoms with Crippen LogP contribution in [0.4, 0.5) is 0 Å². The molecule has 15 heavy (non-hydrogen) atoms. The standard InChI is InChI=1S/C13H25BrO/c1-3-8-13(10-14,9-4-2)11-15-12-6-5-7-12/h12H,3-11H2,1-2H3. The van der Waals surface area contributed by atoms with Crippen molar-refractivity contribution < 1.29 is 4.74 Å². The van der Waals surface area contributed by atoms with Crippen LogP contribution in [0.25, 0.3) is 0 Å². The quantitative estimate of drug-likeness (QED) is 0.592. The Morgan fingerprint density at radius 1 is 1.20 bits per heavy atom. The molecule has 1 aliphatic rings. The fourth-order valence-electron chi connectivity index (χ4n) is 2.33. The molecule has 1 rings (SSSR count). The van der Waals surface area contributed by atoms with Crippen molar-refractivity contribution in [3.63, 3.8) is 0 Å². The Balaban J connectivity index is 2.37. The maximum absolute atomic E-state index is 6.01. The second-order valence-electron chi connectivity index (χ2n) is 5.00. The Hall–Kier alpha value is 0.440. The minimum atomic E-state index is 0.402. The molecular formula is C13H25BrO. The molecule has 0 heterocycles. The molecule has 1 fully saturated rings. The molecule has 0 bridgehead atoms. The van der Waals surface area contributed by atoms with Crippen LogP contribution in [0.1, 0.15) is 58.8 Å². The van der Waals surface area contributed by atoms with Gasteiger partial charge in [-0.15, -0.1) is 0 Å². The van der Waals surface area contributed by atoms with Crippen LogP contribution >= 0.6 is 15.9 Å². The lowest BCUT2D eigenvalue weighted by atomic mass is 9.82. The number of rotatable bonds is 8. The molecule has 0 aromatic heterocycles. The lowest BCUT2D eigenvalue weighted by molar-refractivity contribution is -0.0433. The minimum absolute atomic E-state index is 0.402. The summed E-state index contributed by atoms with van der Waals surface area (Å²) < 4.78 is 6.01. The molecule has 0 aromatic carbocycles. The lowest BCUT2D eigenvalue weighted by Crippen LogP contribution is -2.33. The zero-order valence-corrected chi connectivity index (χ0v) is 11.8. The summed E-state index contributed by atoms with van der Waals surface area (Å²) in [4.78, 5) is 0. The third-order valence-corrected chi connectivity index (χ3v) is 4.71. The van der Waals surface area contributed by atoms with E-state index in [4.69, 9.17) is 4.74 Å². The maximum Gasteiger partial charge on any atom is 0.0575 e. The summed E-state index contributed by atoms with van der Waals surface area (Å²) in [5.74, 6) is 0. The van der Waals surface area contributed by atoms with Crippen molar-refractivity contribution in [1.29, 1.82) is 0 Å². The summed E-state index contributed by atoms with van der Waals surface area (Å²) in [5.41, 5.74) is 0.402. The van der Waals surface area contributed by atoms with Crippen LogP contribution in [-0.2, 0) is 4.74 Å². The van der Waals surface area contributed by atoms with Gasteiger partial charge in [-0.05, 0) is 32.1 Å². The zero-order chi connectivity index (χ0) is 11.1. The Morgan fingerprint density at radius 3 is 2.13 bits per heavy atom. The van der Waals surface area contributed by atoms with Gasteiger partial charge in [0, 0.05) is 10.7 Å². The largest absolute Gasteiger partial charge is 0.378 e. The van der Waals surface area contributed by atoms with Crippen molar-refractivity contribution in [1.82, 2.24) is 0 Å². The molecule has 0 atom stereocenters. The molecule has 1 nitrogen and oxygen atoms in total. The number of alkyl halides is 1. The van der Waals surface area contributed by atoms with Crippen LogP contribution in [0.15, 0.2) is 0 Å². The molecule has 0 radical (unpaired) electrons. The number of ether oxygens (including phenoxy) is 1. The number of hydrogen-bond donors (Lipinski definition) is 0. The predicted octanol–water partition coefficient (Wildman–Crippen LogP) is 4.54. The summed E-state index contributed by atoms with van der Waals surface area (Å²) in [7, 11) is 0. The summed E-state index contributed by atoms with van der Waals surface area (Å²) >= 11 is 3.69. The second-order valence-corrected chi connectivity index (χ2v) is 5.56. The Kier molecular flexibility index (Phi) is 6.21. The monoisotopic (exact) mass is 276 g/mol. The minimum Gasteiger partial charge on any atom is -0.378 e. The Bertz CT molecular complexity index is 160. The Labute approximate surface area is 103 Å². The van der Waals surface area contributed by atoms with Crippen LogP contribution in [-0.4, -0.2) is 18.0 Å². The molecule has 0 aliphatic heterocycles. The highest BCUT2D eigenvalue weighted by atomic mass is 79.9. The molecule has 0 saturated heterocycles. The van der Waals surface area contributed by atoms with E-state index in [1.54, 1.807) is 0 Å². The third kappa shape index (κ3) is 4.07. The van der Waals surface area contributed by atoms with Gasteiger partial charge in [0.25, 0.3) is 0 Å².